The van der Waals surface area contributed by atoms with E-state index in [9.17, 15) is 0 Å². The zero-order valence-corrected chi connectivity index (χ0v) is 18.2. The highest BCUT2D eigenvalue weighted by Gasteiger charge is 2.26. The Bertz CT molecular complexity index is 1410. The number of hydrogen-bond donors (Lipinski definition) is 0. The first-order valence-corrected chi connectivity index (χ1v) is 10.6. The van der Waals surface area contributed by atoms with Gasteiger partial charge in [0, 0.05) is 16.2 Å². The van der Waals surface area contributed by atoms with Crippen LogP contribution in [0.1, 0.15) is 57.2 Å². The number of furan rings is 1. The van der Waals surface area contributed by atoms with Crippen molar-refractivity contribution >= 4 is 43.5 Å². The Morgan fingerprint density at radius 2 is 1.45 bits per heavy atom. The van der Waals surface area contributed by atoms with Gasteiger partial charge in [0.15, 0.2) is 0 Å². The third-order valence-electron chi connectivity index (χ3n) is 6.28. The molecule has 1 aromatic heterocycles. The predicted molar refractivity (Wildman–Crippen MR) is 126 cm³/mol. The van der Waals surface area contributed by atoms with E-state index in [0.29, 0.717) is 5.92 Å². The number of hydrogen-bond acceptors (Lipinski definition) is 1. The second kappa shape index (κ2) is 6.10. The Morgan fingerprint density at radius 3 is 2.17 bits per heavy atom. The Kier molecular flexibility index (Phi) is 3.84. The van der Waals surface area contributed by atoms with Crippen molar-refractivity contribution < 1.29 is 4.42 Å². The number of benzene rings is 4. The number of fused-ring (bicyclic) bond motifs is 7. The highest BCUT2D eigenvalue weighted by atomic mass is 16.3. The summed E-state index contributed by atoms with van der Waals surface area (Å²) in [5, 5.41) is 7.42. The molecular weight excluding hydrogens is 352 g/mol. The Morgan fingerprint density at radius 1 is 0.759 bits per heavy atom. The molecule has 0 atom stereocenters. The summed E-state index contributed by atoms with van der Waals surface area (Å²) in [6, 6.07) is 19.9. The lowest BCUT2D eigenvalue weighted by atomic mass is 9.77. The highest BCUT2D eigenvalue weighted by Crippen LogP contribution is 2.43. The molecule has 5 rings (SSSR count). The summed E-state index contributed by atoms with van der Waals surface area (Å²) in [5.74, 6) is 0.471. The van der Waals surface area contributed by atoms with Crippen molar-refractivity contribution in [2.75, 3.05) is 0 Å². The average Bonchev–Trinajstić information content (AvgIpc) is 3.05. The van der Waals surface area contributed by atoms with E-state index in [0.717, 1.165) is 11.2 Å². The molecule has 1 nitrogen and oxygen atoms in total. The molecule has 0 aliphatic carbocycles. The van der Waals surface area contributed by atoms with Crippen molar-refractivity contribution in [3.8, 4) is 0 Å². The summed E-state index contributed by atoms with van der Waals surface area (Å²) in [7, 11) is 0. The first kappa shape index (κ1) is 18.2. The van der Waals surface area contributed by atoms with Gasteiger partial charge in [-0.05, 0) is 63.2 Å². The van der Waals surface area contributed by atoms with Gasteiger partial charge in [0.1, 0.15) is 11.2 Å². The zero-order chi connectivity index (χ0) is 20.5. The normalized spacial score (nSPS) is 12.8. The van der Waals surface area contributed by atoms with Crippen molar-refractivity contribution in [3.63, 3.8) is 0 Å². The molecule has 0 amide bonds. The molecule has 0 saturated heterocycles. The molecule has 5 aromatic rings. The minimum atomic E-state index is 0.0750. The Labute approximate surface area is 172 Å². The van der Waals surface area contributed by atoms with Crippen LogP contribution in [0.2, 0.25) is 0 Å². The smallest absolute Gasteiger partial charge is 0.143 e. The van der Waals surface area contributed by atoms with Crippen LogP contribution in [0.25, 0.3) is 43.5 Å². The van der Waals surface area contributed by atoms with Gasteiger partial charge >= 0.3 is 0 Å². The molecule has 1 heterocycles. The highest BCUT2D eigenvalue weighted by molar-refractivity contribution is 6.23. The van der Waals surface area contributed by atoms with Crippen LogP contribution in [0.4, 0.5) is 0 Å². The van der Waals surface area contributed by atoms with Crippen LogP contribution in [0.5, 0.6) is 0 Å². The van der Waals surface area contributed by atoms with E-state index in [1.807, 2.05) is 0 Å². The lowest BCUT2D eigenvalue weighted by molar-refractivity contribution is 0.570. The van der Waals surface area contributed by atoms with Crippen molar-refractivity contribution in [2.45, 2.75) is 52.9 Å². The lowest BCUT2D eigenvalue weighted by Gasteiger charge is -2.27. The minimum Gasteiger partial charge on any atom is -0.455 e. The second-order valence-electron chi connectivity index (χ2n) is 9.68. The number of aryl methyl sites for hydroxylation is 1. The van der Waals surface area contributed by atoms with Gasteiger partial charge in [-0.2, -0.15) is 0 Å². The van der Waals surface area contributed by atoms with Gasteiger partial charge in [-0.25, -0.2) is 0 Å². The van der Waals surface area contributed by atoms with Gasteiger partial charge in [-0.15, -0.1) is 0 Å². The minimum absolute atomic E-state index is 0.0750. The monoisotopic (exact) mass is 380 g/mol. The van der Waals surface area contributed by atoms with E-state index in [4.69, 9.17) is 4.42 Å². The molecule has 146 valence electrons. The Balaban J connectivity index is 2.01. The molecule has 0 fully saturated rings. The van der Waals surface area contributed by atoms with Crippen molar-refractivity contribution in [2.24, 2.45) is 0 Å². The fraction of sp³-hybridized carbons (Fsp3) is 0.286. The summed E-state index contributed by atoms with van der Waals surface area (Å²) < 4.78 is 6.68. The van der Waals surface area contributed by atoms with Gasteiger partial charge in [0.05, 0.1) is 0 Å². The second-order valence-corrected chi connectivity index (χ2v) is 9.68. The van der Waals surface area contributed by atoms with Gasteiger partial charge < -0.3 is 4.42 Å². The van der Waals surface area contributed by atoms with Gasteiger partial charge in [-0.3, -0.25) is 0 Å². The van der Waals surface area contributed by atoms with Gasteiger partial charge in [0.2, 0.25) is 0 Å². The van der Waals surface area contributed by atoms with E-state index >= 15 is 0 Å². The van der Waals surface area contributed by atoms with Crippen LogP contribution in [0, 0.1) is 6.92 Å². The Hall–Kier alpha value is -2.80. The molecule has 0 N–H and O–H groups in total. The predicted octanol–water partition coefficient (Wildman–Crippen LogP) is 8.62. The molecule has 0 saturated carbocycles. The lowest BCUT2D eigenvalue weighted by Crippen LogP contribution is -2.17. The maximum Gasteiger partial charge on any atom is 0.143 e. The quantitative estimate of drug-likeness (QED) is 0.265. The molecule has 0 spiro atoms. The van der Waals surface area contributed by atoms with Crippen molar-refractivity contribution in [3.05, 3.63) is 71.3 Å². The van der Waals surface area contributed by atoms with Crippen LogP contribution < -0.4 is 0 Å². The average molecular weight is 381 g/mol. The van der Waals surface area contributed by atoms with Gasteiger partial charge in [0.25, 0.3) is 0 Å². The molecule has 0 radical (unpaired) electrons. The van der Waals surface area contributed by atoms with Crippen LogP contribution in [0.3, 0.4) is 0 Å². The molecule has 0 aliphatic heterocycles. The van der Waals surface area contributed by atoms with Crippen LogP contribution in [-0.2, 0) is 5.41 Å². The summed E-state index contributed by atoms with van der Waals surface area (Å²) in [5.41, 5.74) is 6.26. The topological polar surface area (TPSA) is 13.1 Å². The van der Waals surface area contributed by atoms with E-state index in [-0.39, 0.29) is 5.41 Å². The molecular formula is C28H28O. The van der Waals surface area contributed by atoms with E-state index < -0.39 is 0 Å². The molecule has 1 heteroatoms. The first-order chi connectivity index (χ1) is 13.8. The van der Waals surface area contributed by atoms with Crippen LogP contribution in [0.15, 0.2) is 59.0 Å². The third-order valence-corrected chi connectivity index (χ3v) is 6.28. The molecule has 0 unspecified atom stereocenters. The third kappa shape index (κ3) is 2.60. The molecule has 29 heavy (non-hydrogen) atoms. The fourth-order valence-electron chi connectivity index (χ4n) is 5.09. The maximum atomic E-state index is 6.68. The SMILES string of the molecule is Cc1c(C(C)(C)C)c(C(C)C)cc2c1oc1c2ccc2ccc3ccccc3c21. The van der Waals surface area contributed by atoms with Crippen LogP contribution >= 0.6 is 0 Å². The van der Waals surface area contributed by atoms with E-state index in [2.05, 4.69) is 96.1 Å². The molecule has 0 aliphatic rings. The van der Waals surface area contributed by atoms with E-state index in [1.54, 1.807) is 0 Å². The first-order valence-electron chi connectivity index (χ1n) is 10.6. The van der Waals surface area contributed by atoms with Crippen LogP contribution in [-0.4, -0.2) is 0 Å². The maximum absolute atomic E-state index is 6.68. The standard InChI is InChI=1S/C28H28O/c1-16(2)22-15-23-21-14-13-19-12-11-18-9-7-8-10-20(18)24(19)27(21)29-26(23)17(3)25(22)28(4,5)6/h7-16H,1-6H3. The van der Waals surface area contributed by atoms with E-state index in [1.165, 1.54) is 49.0 Å². The molecule has 4 aromatic carbocycles. The fourth-order valence-corrected chi connectivity index (χ4v) is 5.09. The van der Waals surface area contributed by atoms with Gasteiger partial charge in [-0.1, -0.05) is 77.1 Å². The number of rotatable bonds is 1. The summed E-state index contributed by atoms with van der Waals surface area (Å²) in [4.78, 5) is 0. The van der Waals surface area contributed by atoms with Crippen molar-refractivity contribution in [1.29, 1.82) is 0 Å². The zero-order valence-electron chi connectivity index (χ0n) is 18.2. The molecule has 0 bridgehead atoms. The largest absolute Gasteiger partial charge is 0.455 e. The summed E-state index contributed by atoms with van der Waals surface area (Å²) in [6.45, 7) is 13.7. The summed E-state index contributed by atoms with van der Waals surface area (Å²) in [6.07, 6.45) is 0. The summed E-state index contributed by atoms with van der Waals surface area (Å²) >= 11 is 0. The van der Waals surface area contributed by atoms with Crippen molar-refractivity contribution in [1.82, 2.24) is 0 Å².